The van der Waals surface area contributed by atoms with Gasteiger partial charge in [-0.3, -0.25) is 9.78 Å². The van der Waals surface area contributed by atoms with E-state index in [0.29, 0.717) is 24.6 Å². The second kappa shape index (κ2) is 7.94. The highest BCUT2D eigenvalue weighted by atomic mass is 16.1. The average molecular weight is 285 g/mol. The number of anilines is 1. The van der Waals surface area contributed by atoms with Crippen molar-refractivity contribution in [2.24, 2.45) is 0 Å². The predicted molar refractivity (Wildman–Crippen MR) is 80.8 cm³/mol. The average Bonchev–Trinajstić information content (AvgIpc) is 2.54. The van der Waals surface area contributed by atoms with Crippen LogP contribution in [0.4, 0.5) is 5.82 Å². The Morgan fingerprint density at radius 3 is 2.81 bits per heavy atom. The number of amides is 1. The maximum Gasteiger partial charge on any atom is 0.271 e. The first-order valence-corrected chi connectivity index (χ1v) is 7.02. The van der Waals surface area contributed by atoms with E-state index < -0.39 is 0 Å². The van der Waals surface area contributed by atoms with Crippen LogP contribution in [0, 0.1) is 0 Å². The molecule has 0 saturated carbocycles. The first kappa shape index (κ1) is 14.9. The minimum atomic E-state index is -0.185. The topological polar surface area (TPSA) is 79.8 Å². The quantitative estimate of drug-likeness (QED) is 0.761. The predicted octanol–water partition coefficient (Wildman–Crippen LogP) is 2.01. The zero-order valence-electron chi connectivity index (χ0n) is 12.0. The summed E-state index contributed by atoms with van der Waals surface area (Å²) < 4.78 is 0. The molecule has 0 unspecified atom stereocenters. The number of nitrogens with zero attached hydrogens (tertiary/aromatic N) is 3. The van der Waals surface area contributed by atoms with E-state index in [0.717, 1.165) is 18.4 Å². The molecule has 1 amide bonds. The van der Waals surface area contributed by atoms with Crippen LogP contribution in [0.5, 0.6) is 0 Å². The zero-order valence-corrected chi connectivity index (χ0v) is 12.0. The van der Waals surface area contributed by atoms with Crippen molar-refractivity contribution < 1.29 is 4.79 Å². The van der Waals surface area contributed by atoms with Crippen LogP contribution in [-0.4, -0.2) is 27.4 Å². The van der Waals surface area contributed by atoms with E-state index in [1.54, 1.807) is 18.6 Å². The lowest BCUT2D eigenvalue weighted by Gasteiger charge is -2.06. The highest BCUT2D eigenvalue weighted by Gasteiger charge is 2.06. The maximum absolute atomic E-state index is 11.8. The van der Waals surface area contributed by atoms with Crippen LogP contribution in [0.25, 0.3) is 0 Å². The maximum atomic E-state index is 11.8. The molecular formula is C15H19N5O. The van der Waals surface area contributed by atoms with Gasteiger partial charge in [0.1, 0.15) is 11.5 Å². The number of carbonyl (C=O) groups is 1. The Kier molecular flexibility index (Phi) is 5.63. The van der Waals surface area contributed by atoms with Crippen molar-refractivity contribution >= 4 is 11.7 Å². The summed E-state index contributed by atoms with van der Waals surface area (Å²) >= 11 is 0. The Morgan fingerprint density at radius 2 is 2.14 bits per heavy atom. The molecule has 2 N–H and O–H groups in total. The van der Waals surface area contributed by atoms with Gasteiger partial charge in [-0.25, -0.2) is 9.97 Å². The van der Waals surface area contributed by atoms with Crippen LogP contribution in [0.1, 0.15) is 35.8 Å². The summed E-state index contributed by atoms with van der Waals surface area (Å²) in [7, 11) is 0. The Morgan fingerprint density at radius 1 is 1.24 bits per heavy atom. The number of pyridine rings is 1. The first-order valence-electron chi connectivity index (χ1n) is 7.02. The number of hydrogen-bond donors (Lipinski definition) is 2. The summed E-state index contributed by atoms with van der Waals surface area (Å²) in [4.78, 5) is 24.1. The van der Waals surface area contributed by atoms with Gasteiger partial charge in [-0.1, -0.05) is 19.4 Å². The van der Waals surface area contributed by atoms with E-state index in [9.17, 15) is 4.79 Å². The van der Waals surface area contributed by atoms with Gasteiger partial charge in [0, 0.05) is 25.5 Å². The van der Waals surface area contributed by atoms with Crippen molar-refractivity contribution in [3.63, 3.8) is 0 Å². The summed E-state index contributed by atoms with van der Waals surface area (Å²) in [5, 5.41) is 5.94. The molecule has 0 bridgehead atoms. The molecule has 0 atom stereocenters. The van der Waals surface area contributed by atoms with Crippen molar-refractivity contribution in [2.45, 2.75) is 26.3 Å². The van der Waals surface area contributed by atoms with Crippen LogP contribution in [0.2, 0.25) is 0 Å². The molecule has 2 aromatic rings. The minimum Gasteiger partial charge on any atom is -0.365 e. The fraction of sp³-hybridized carbons (Fsp3) is 0.333. The summed E-state index contributed by atoms with van der Waals surface area (Å²) in [6, 6.07) is 3.86. The van der Waals surface area contributed by atoms with Gasteiger partial charge in [0.05, 0.1) is 12.4 Å². The van der Waals surface area contributed by atoms with Gasteiger partial charge in [0.25, 0.3) is 5.91 Å². The van der Waals surface area contributed by atoms with Crippen LogP contribution < -0.4 is 10.6 Å². The molecule has 21 heavy (non-hydrogen) atoms. The SMILES string of the molecule is CCCCNC(=O)c1cnc(NCc2cccnc2)cn1. The van der Waals surface area contributed by atoms with Crippen molar-refractivity contribution in [1.82, 2.24) is 20.3 Å². The van der Waals surface area contributed by atoms with Crippen LogP contribution >= 0.6 is 0 Å². The van der Waals surface area contributed by atoms with Crippen LogP contribution in [-0.2, 0) is 6.54 Å². The summed E-state index contributed by atoms with van der Waals surface area (Å²) in [5.41, 5.74) is 1.39. The molecule has 0 aliphatic rings. The molecule has 0 aliphatic heterocycles. The monoisotopic (exact) mass is 285 g/mol. The molecule has 0 spiro atoms. The third-order valence-electron chi connectivity index (χ3n) is 2.90. The van der Waals surface area contributed by atoms with E-state index in [1.165, 1.54) is 6.20 Å². The molecule has 0 saturated heterocycles. The van der Waals surface area contributed by atoms with Gasteiger partial charge in [-0.2, -0.15) is 0 Å². The smallest absolute Gasteiger partial charge is 0.271 e. The number of carbonyl (C=O) groups excluding carboxylic acids is 1. The lowest BCUT2D eigenvalue weighted by Crippen LogP contribution is -2.25. The fourth-order valence-corrected chi connectivity index (χ4v) is 1.70. The number of rotatable bonds is 7. The van der Waals surface area contributed by atoms with Gasteiger partial charge in [-0.05, 0) is 18.1 Å². The molecule has 6 heteroatoms. The number of aromatic nitrogens is 3. The molecule has 110 valence electrons. The van der Waals surface area contributed by atoms with Crippen molar-refractivity contribution in [1.29, 1.82) is 0 Å². The second-order valence-corrected chi connectivity index (χ2v) is 4.61. The molecule has 6 nitrogen and oxygen atoms in total. The minimum absolute atomic E-state index is 0.185. The Labute approximate surface area is 124 Å². The Balaban J connectivity index is 1.85. The van der Waals surface area contributed by atoms with E-state index in [-0.39, 0.29) is 5.91 Å². The van der Waals surface area contributed by atoms with Gasteiger partial charge >= 0.3 is 0 Å². The molecule has 0 radical (unpaired) electrons. The lowest BCUT2D eigenvalue weighted by atomic mass is 10.3. The molecule has 0 aliphatic carbocycles. The van der Waals surface area contributed by atoms with Crippen LogP contribution in [0.3, 0.4) is 0 Å². The van der Waals surface area contributed by atoms with Crippen LogP contribution in [0.15, 0.2) is 36.9 Å². The molecule has 2 aromatic heterocycles. The van der Waals surface area contributed by atoms with Gasteiger partial charge in [-0.15, -0.1) is 0 Å². The molecule has 0 fully saturated rings. The first-order chi connectivity index (χ1) is 10.3. The standard InChI is InChI=1S/C15H19N5O/c1-2-3-7-17-15(21)13-10-20-14(11-18-13)19-9-12-5-4-6-16-8-12/h4-6,8,10-11H,2-3,7,9H2,1H3,(H,17,21)(H,19,20). The van der Waals surface area contributed by atoms with E-state index in [1.807, 2.05) is 12.1 Å². The third kappa shape index (κ3) is 4.83. The largest absolute Gasteiger partial charge is 0.365 e. The van der Waals surface area contributed by atoms with E-state index in [4.69, 9.17) is 0 Å². The van der Waals surface area contributed by atoms with Crippen molar-refractivity contribution in [3.05, 3.63) is 48.2 Å². The van der Waals surface area contributed by atoms with Gasteiger partial charge < -0.3 is 10.6 Å². The highest BCUT2D eigenvalue weighted by molar-refractivity contribution is 5.91. The third-order valence-corrected chi connectivity index (χ3v) is 2.90. The molecular weight excluding hydrogens is 266 g/mol. The highest BCUT2D eigenvalue weighted by Crippen LogP contribution is 2.04. The molecule has 2 heterocycles. The summed E-state index contributed by atoms with van der Waals surface area (Å²) in [5.74, 6) is 0.443. The normalized spacial score (nSPS) is 10.1. The number of hydrogen-bond acceptors (Lipinski definition) is 5. The zero-order chi connectivity index (χ0) is 14.9. The fourth-order valence-electron chi connectivity index (χ4n) is 1.70. The molecule has 0 aromatic carbocycles. The Bertz CT molecular complexity index is 556. The summed E-state index contributed by atoms with van der Waals surface area (Å²) in [6.07, 6.45) is 8.57. The summed E-state index contributed by atoms with van der Waals surface area (Å²) in [6.45, 7) is 3.36. The second-order valence-electron chi connectivity index (χ2n) is 4.61. The lowest BCUT2D eigenvalue weighted by molar-refractivity contribution is 0.0948. The van der Waals surface area contributed by atoms with E-state index >= 15 is 0 Å². The van der Waals surface area contributed by atoms with Gasteiger partial charge in [0.15, 0.2) is 0 Å². The molecule has 2 rings (SSSR count). The number of nitrogens with one attached hydrogen (secondary N) is 2. The van der Waals surface area contributed by atoms with E-state index in [2.05, 4.69) is 32.5 Å². The Hall–Kier alpha value is -2.50. The van der Waals surface area contributed by atoms with Crippen molar-refractivity contribution in [3.8, 4) is 0 Å². The van der Waals surface area contributed by atoms with Gasteiger partial charge in [0.2, 0.25) is 0 Å². The number of unbranched alkanes of at least 4 members (excludes halogenated alkanes) is 1. The van der Waals surface area contributed by atoms with Crippen molar-refractivity contribution in [2.75, 3.05) is 11.9 Å².